The van der Waals surface area contributed by atoms with Crippen molar-refractivity contribution >= 4 is 35.1 Å². The Morgan fingerprint density at radius 2 is 2.06 bits per heavy atom. The fourth-order valence-corrected chi connectivity index (χ4v) is 4.17. The number of hydrogen-bond acceptors (Lipinski definition) is 6. The average molecular weight is 442 g/mol. The first-order valence-electron chi connectivity index (χ1n) is 11.0. The number of nitrogens with zero attached hydrogens (tertiary/aromatic N) is 3. The summed E-state index contributed by atoms with van der Waals surface area (Å²) in [4.78, 5) is 26.7. The number of carbonyl (C=O) groups excluding carboxylic acids is 2. The summed E-state index contributed by atoms with van der Waals surface area (Å²) in [5.41, 5.74) is 2.00. The van der Waals surface area contributed by atoms with Gasteiger partial charge in [0.25, 0.3) is 0 Å². The van der Waals surface area contributed by atoms with E-state index < -0.39 is 0 Å². The van der Waals surface area contributed by atoms with Crippen molar-refractivity contribution in [3.05, 3.63) is 42.0 Å². The summed E-state index contributed by atoms with van der Waals surface area (Å²) in [6, 6.07) is 11.7. The van der Waals surface area contributed by atoms with Gasteiger partial charge >= 0.3 is 0 Å². The van der Waals surface area contributed by atoms with Crippen LogP contribution in [0.2, 0.25) is 0 Å². The molecule has 8 heteroatoms. The Balaban J connectivity index is 1.49. The number of aromatic nitrogens is 2. The Labute approximate surface area is 188 Å². The number of aryl methyl sites for hydroxylation is 1. The highest BCUT2D eigenvalue weighted by atomic mass is 32.2. The summed E-state index contributed by atoms with van der Waals surface area (Å²) in [6.45, 7) is 6.40. The molecule has 0 saturated carbocycles. The number of anilines is 2. The fraction of sp³-hybridized carbons (Fsp3) is 0.478. The predicted molar refractivity (Wildman–Crippen MR) is 125 cm³/mol. The Hall–Kier alpha value is -2.61. The van der Waals surface area contributed by atoms with Gasteiger partial charge < -0.3 is 15.5 Å². The summed E-state index contributed by atoms with van der Waals surface area (Å²) in [7, 11) is 0. The van der Waals surface area contributed by atoms with E-state index in [0.717, 1.165) is 50.3 Å². The lowest BCUT2D eigenvalue weighted by atomic mass is 9.97. The van der Waals surface area contributed by atoms with Crippen LogP contribution in [0.15, 0.2) is 41.4 Å². The summed E-state index contributed by atoms with van der Waals surface area (Å²) in [5.74, 6) is 1.10. The van der Waals surface area contributed by atoms with Crippen molar-refractivity contribution < 1.29 is 9.59 Å². The van der Waals surface area contributed by atoms with Crippen LogP contribution in [0.3, 0.4) is 0 Å². The minimum Gasteiger partial charge on any atom is -0.356 e. The molecule has 0 aliphatic carbocycles. The lowest BCUT2D eigenvalue weighted by Gasteiger charge is -2.32. The molecule has 2 aromatic rings. The number of amides is 2. The Morgan fingerprint density at radius 1 is 1.19 bits per heavy atom. The zero-order valence-electron chi connectivity index (χ0n) is 18.3. The number of benzene rings is 1. The van der Waals surface area contributed by atoms with E-state index in [-0.39, 0.29) is 23.5 Å². The van der Waals surface area contributed by atoms with Gasteiger partial charge in [0.15, 0.2) is 5.82 Å². The van der Waals surface area contributed by atoms with Gasteiger partial charge in [0.1, 0.15) is 5.03 Å². The molecule has 1 aliphatic rings. The first-order valence-corrected chi connectivity index (χ1v) is 12.0. The molecule has 1 atom stereocenters. The van der Waals surface area contributed by atoms with Gasteiger partial charge in [0.2, 0.25) is 11.8 Å². The number of carbonyl (C=O) groups is 2. The Kier molecular flexibility index (Phi) is 8.70. The van der Waals surface area contributed by atoms with E-state index in [2.05, 4.69) is 39.6 Å². The van der Waals surface area contributed by atoms with Crippen molar-refractivity contribution in [1.29, 1.82) is 0 Å². The molecule has 1 saturated heterocycles. The topological polar surface area (TPSA) is 87.2 Å². The van der Waals surface area contributed by atoms with E-state index in [9.17, 15) is 9.59 Å². The zero-order chi connectivity index (χ0) is 22.1. The molecule has 2 N–H and O–H groups in total. The van der Waals surface area contributed by atoms with Crippen LogP contribution in [0.1, 0.15) is 38.7 Å². The second kappa shape index (κ2) is 11.7. The molecule has 0 radical (unpaired) electrons. The van der Waals surface area contributed by atoms with Gasteiger partial charge in [-0.3, -0.25) is 9.59 Å². The fourth-order valence-electron chi connectivity index (χ4n) is 3.56. The number of piperidine rings is 1. The number of rotatable bonds is 9. The first-order chi connectivity index (χ1) is 15.1. The van der Waals surface area contributed by atoms with Gasteiger partial charge in [-0.05, 0) is 55.5 Å². The maximum atomic E-state index is 12.3. The highest BCUT2D eigenvalue weighted by Gasteiger charge is 2.26. The third-order valence-corrected chi connectivity index (χ3v) is 6.18. The summed E-state index contributed by atoms with van der Waals surface area (Å²) < 4.78 is 0. The van der Waals surface area contributed by atoms with Crippen LogP contribution in [0.25, 0.3) is 0 Å². The van der Waals surface area contributed by atoms with Crippen molar-refractivity contribution in [3.8, 4) is 0 Å². The summed E-state index contributed by atoms with van der Waals surface area (Å²) in [5, 5.41) is 15.2. The average Bonchev–Trinajstić information content (AvgIpc) is 2.81. The molecular formula is C23H31N5O2S. The molecule has 1 aliphatic heterocycles. The van der Waals surface area contributed by atoms with Gasteiger partial charge in [0.05, 0.1) is 11.7 Å². The van der Waals surface area contributed by atoms with Crippen LogP contribution < -0.4 is 15.5 Å². The lowest BCUT2D eigenvalue weighted by molar-refractivity contribution is -0.125. The van der Waals surface area contributed by atoms with Crippen molar-refractivity contribution in [2.75, 3.05) is 35.6 Å². The Morgan fingerprint density at radius 3 is 2.81 bits per heavy atom. The molecule has 1 aromatic heterocycles. The van der Waals surface area contributed by atoms with Crippen molar-refractivity contribution in [2.24, 2.45) is 5.92 Å². The third kappa shape index (κ3) is 6.95. The molecule has 31 heavy (non-hydrogen) atoms. The van der Waals surface area contributed by atoms with E-state index in [4.69, 9.17) is 0 Å². The van der Waals surface area contributed by atoms with E-state index in [0.29, 0.717) is 11.6 Å². The van der Waals surface area contributed by atoms with E-state index in [1.54, 1.807) is 0 Å². The largest absolute Gasteiger partial charge is 0.356 e. The van der Waals surface area contributed by atoms with Gasteiger partial charge in [-0.2, -0.15) is 0 Å². The molecule has 1 fully saturated rings. The maximum Gasteiger partial charge on any atom is 0.234 e. The Bertz CT molecular complexity index is 875. The quantitative estimate of drug-likeness (QED) is 0.579. The predicted octanol–water partition coefficient (Wildman–Crippen LogP) is 3.51. The highest BCUT2D eigenvalue weighted by Crippen LogP contribution is 2.23. The highest BCUT2D eigenvalue weighted by molar-refractivity contribution is 7.99. The molecule has 0 spiro atoms. The summed E-state index contributed by atoms with van der Waals surface area (Å²) >= 11 is 1.36. The van der Waals surface area contributed by atoms with Crippen LogP contribution in [0.5, 0.6) is 0 Å². The first kappa shape index (κ1) is 23.1. The van der Waals surface area contributed by atoms with Crippen molar-refractivity contribution in [2.45, 2.75) is 44.6 Å². The molecule has 1 aromatic carbocycles. The van der Waals surface area contributed by atoms with E-state index in [1.165, 1.54) is 17.3 Å². The minimum atomic E-state index is -0.0684. The molecule has 166 valence electrons. The van der Waals surface area contributed by atoms with Gasteiger partial charge in [0, 0.05) is 25.3 Å². The molecule has 2 amide bonds. The monoisotopic (exact) mass is 441 g/mol. The molecule has 0 bridgehead atoms. The second-order valence-electron chi connectivity index (χ2n) is 7.70. The molecule has 1 unspecified atom stereocenters. The van der Waals surface area contributed by atoms with Crippen molar-refractivity contribution in [3.63, 3.8) is 0 Å². The van der Waals surface area contributed by atoms with Crippen LogP contribution >= 0.6 is 11.8 Å². The molecule has 2 heterocycles. The molecule has 7 nitrogen and oxygen atoms in total. The van der Waals surface area contributed by atoms with E-state index in [1.807, 2.05) is 36.4 Å². The minimum absolute atomic E-state index is 0.00828. The second-order valence-corrected chi connectivity index (χ2v) is 8.69. The SMILES string of the molecule is CCCNC(=O)C1CCCN(c2ccc(SCC(=O)Nc3cccc(CC)c3)nn2)C1. The van der Waals surface area contributed by atoms with Crippen LogP contribution in [0, 0.1) is 5.92 Å². The van der Waals surface area contributed by atoms with Crippen LogP contribution in [-0.4, -0.2) is 47.4 Å². The molecule has 3 rings (SSSR count). The number of nitrogens with one attached hydrogen (secondary N) is 2. The normalized spacial score (nSPS) is 16.1. The maximum absolute atomic E-state index is 12.3. The van der Waals surface area contributed by atoms with Gasteiger partial charge in [-0.1, -0.05) is 37.7 Å². The van der Waals surface area contributed by atoms with Crippen LogP contribution in [0.4, 0.5) is 11.5 Å². The van der Waals surface area contributed by atoms with Crippen LogP contribution in [-0.2, 0) is 16.0 Å². The van der Waals surface area contributed by atoms with E-state index >= 15 is 0 Å². The lowest BCUT2D eigenvalue weighted by Crippen LogP contribution is -2.43. The number of hydrogen-bond donors (Lipinski definition) is 2. The van der Waals surface area contributed by atoms with Gasteiger partial charge in [-0.25, -0.2) is 0 Å². The van der Waals surface area contributed by atoms with Gasteiger partial charge in [-0.15, -0.1) is 10.2 Å². The molecular weight excluding hydrogens is 410 g/mol. The standard InChI is InChI=1S/C23H31N5O2S/c1-3-12-24-23(30)18-8-6-13-28(15-18)20-10-11-22(27-26-20)31-16-21(29)25-19-9-5-7-17(4-2)14-19/h5,7,9-11,14,18H,3-4,6,8,12-13,15-16H2,1-2H3,(H,24,30)(H,25,29). The third-order valence-electron chi connectivity index (χ3n) is 5.26. The smallest absolute Gasteiger partial charge is 0.234 e. The van der Waals surface area contributed by atoms with Crippen molar-refractivity contribution in [1.82, 2.24) is 15.5 Å². The zero-order valence-corrected chi connectivity index (χ0v) is 19.1. The number of thioether (sulfide) groups is 1. The summed E-state index contributed by atoms with van der Waals surface area (Å²) in [6.07, 6.45) is 3.74.